The Hall–Kier alpha value is -1.56. The maximum atomic E-state index is 2.40. The van der Waals surface area contributed by atoms with Crippen LogP contribution >= 0.6 is 0 Å². The third kappa shape index (κ3) is 4.31. The largest absolute Gasteiger partial charge is 0.0622 e. The van der Waals surface area contributed by atoms with E-state index >= 15 is 0 Å². The van der Waals surface area contributed by atoms with Gasteiger partial charge in [0.2, 0.25) is 0 Å². The van der Waals surface area contributed by atoms with E-state index in [1.807, 2.05) is 0 Å². The lowest BCUT2D eigenvalue weighted by atomic mass is 9.62. The Morgan fingerprint density at radius 2 is 0.852 bits per heavy atom. The van der Waals surface area contributed by atoms with Crippen LogP contribution in [0.15, 0.2) is 42.5 Å². The van der Waals surface area contributed by atoms with Crippen LogP contribution in [0.2, 0.25) is 0 Å². The van der Waals surface area contributed by atoms with Gasteiger partial charge in [-0.05, 0) is 44.1 Å². The van der Waals surface area contributed by atoms with E-state index in [4.69, 9.17) is 0 Å². The first kappa shape index (κ1) is 21.7. The zero-order valence-corrected chi connectivity index (χ0v) is 19.5. The summed E-state index contributed by atoms with van der Waals surface area (Å²) in [5.41, 5.74) is 7.58. The van der Waals surface area contributed by atoms with Gasteiger partial charge in [-0.25, -0.2) is 0 Å². The van der Waals surface area contributed by atoms with Crippen LogP contribution in [0, 0.1) is 0 Å². The molecule has 0 heterocycles. The van der Waals surface area contributed by atoms with Crippen LogP contribution in [0.25, 0.3) is 0 Å². The molecular weight excluding hydrogens is 324 g/mol. The molecule has 0 nitrogen and oxygen atoms in total. The van der Waals surface area contributed by atoms with E-state index < -0.39 is 0 Å². The summed E-state index contributed by atoms with van der Waals surface area (Å²) < 4.78 is 0. The highest BCUT2D eigenvalue weighted by molar-refractivity contribution is 5.56. The first-order chi connectivity index (χ1) is 12.1. The first-order valence-corrected chi connectivity index (χ1v) is 10.3. The summed E-state index contributed by atoms with van der Waals surface area (Å²) in [4.78, 5) is 0. The predicted octanol–water partition coefficient (Wildman–Crippen LogP) is 7.91. The van der Waals surface area contributed by atoms with Crippen molar-refractivity contribution in [1.82, 2.24) is 0 Å². The summed E-state index contributed by atoms with van der Waals surface area (Å²) in [5.74, 6) is 0. The molecule has 0 fully saturated rings. The molecule has 2 rings (SSSR count). The fourth-order valence-electron chi connectivity index (χ4n) is 4.28. The normalized spacial score (nSPS) is 13.7. The minimum atomic E-state index is -0.0618. The van der Waals surface area contributed by atoms with Gasteiger partial charge in [-0.1, -0.05) is 119 Å². The Morgan fingerprint density at radius 1 is 0.444 bits per heavy atom. The Balaban J connectivity index is 3.04. The van der Waals surface area contributed by atoms with Crippen LogP contribution in [0.4, 0.5) is 0 Å². The van der Waals surface area contributed by atoms with Crippen molar-refractivity contribution in [3.63, 3.8) is 0 Å². The minimum Gasteiger partial charge on any atom is -0.0622 e. The second-order valence-corrected chi connectivity index (χ2v) is 11.7. The molecule has 0 N–H and O–H groups in total. The van der Waals surface area contributed by atoms with Gasteiger partial charge in [0.25, 0.3) is 0 Å². The number of hydrogen-bond donors (Lipinski definition) is 0. The molecule has 27 heavy (non-hydrogen) atoms. The molecule has 2 aromatic rings. The van der Waals surface area contributed by atoms with Crippen LogP contribution in [0.5, 0.6) is 0 Å². The second kappa shape index (κ2) is 6.80. The average Bonchev–Trinajstić information content (AvgIpc) is 2.51. The summed E-state index contributed by atoms with van der Waals surface area (Å²) in [6.45, 7) is 26.0. The molecule has 0 aliphatic rings. The van der Waals surface area contributed by atoms with Gasteiger partial charge in [0.15, 0.2) is 0 Å². The van der Waals surface area contributed by atoms with Crippen molar-refractivity contribution in [2.24, 2.45) is 0 Å². The highest BCUT2D eigenvalue weighted by atomic mass is 14.4. The molecule has 0 radical (unpaired) electrons. The lowest BCUT2D eigenvalue weighted by Crippen LogP contribution is -2.33. The smallest absolute Gasteiger partial charge is 0.0152 e. The van der Waals surface area contributed by atoms with E-state index in [-0.39, 0.29) is 21.7 Å². The maximum absolute atomic E-state index is 2.40. The summed E-state index contributed by atoms with van der Waals surface area (Å²) in [6, 6.07) is 15.8. The molecule has 0 aromatic heterocycles. The van der Waals surface area contributed by atoms with E-state index in [0.717, 1.165) is 0 Å². The van der Waals surface area contributed by atoms with Crippen LogP contribution in [0.1, 0.15) is 104 Å². The quantitative estimate of drug-likeness (QED) is 0.508. The van der Waals surface area contributed by atoms with Crippen molar-refractivity contribution in [3.05, 3.63) is 70.3 Å². The van der Waals surface area contributed by atoms with Crippen molar-refractivity contribution < 1.29 is 0 Å². The molecule has 0 amide bonds. The molecular formula is C27H40. The summed E-state index contributed by atoms with van der Waals surface area (Å²) >= 11 is 0. The molecule has 0 atom stereocenters. The van der Waals surface area contributed by atoms with Gasteiger partial charge in [0.05, 0.1) is 0 Å². The molecule has 0 bridgehead atoms. The highest BCUT2D eigenvalue weighted by Crippen LogP contribution is 2.47. The molecule has 0 unspecified atom stereocenters. The number of benzene rings is 2. The number of hydrogen-bond acceptors (Lipinski definition) is 0. The SMILES string of the molecule is CC(C)(C)c1ccc(C(C)(C)C)c(C(C)(C)c2ccccc2)c1C(C)(C)C. The Morgan fingerprint density at radius 3 is 1.22 bits per heavy atom. The topological polar surface area (TPSA) is 0 Å². The van der Waals surface area contributed by atoms with E-state index in [1.165, 1.54) is 27.8 Å². The molecule has 0 saturated heterocycles. The zero-order chi connectivity index (χ0) is 20.8. The van der Waals surface area contributed by atoms with E-state index in [0.29, 0.717) is 0 Å². The van der Waals surface area contributed by atoms with Gasteiger partial charge in [-0.3, -0.25) is 0 Å². The second-order valence-electron chi connectivity index (χ2n) is 11.7. The summed E-state index contributed by atoms with van der Waals surface area (Å²) in [5, 5.41) is 0. The zero-order valence-electron chi connectivity index (χ0n) is 19.5. The Labute approximate surface area is 168 Å². The van der Waals surface area contributed by atoms with Gasteiger partial charge in [0, 0.05) is 5.41 Å². The molecule has 0 saturated carbocycles. The van der Waals surface area contributed by atoms with Gasteiger partial charge >= 0.3 is 0 Å². The molecule has 0 aliphatic carbocycles. The summed E-state index contributed by atoms with van der Waals surface area (Å²) in [7, 11) is 0. The molecule has 0 heteroatoms. The maximum Gasteiger partial charge on any atom is 0.0152 e. The van der Waals surface area contributed by atoms with E-state index in [1.54, 1.807) is 0 Å². The molecule has 0 spiro atoms. The van der Waals surface area contributed by atoms with Crippen molar-refractivity contribution >= 4 is 0 Å². The highest BCUT2D eigenvalue weighted by Gasteiger charge is 2.38. The number of rotatable bonds is 2. The first-order valence-electron chi connectivity index (χ1n) is 10.3. The monoisotopic (exact) mass is 364 g/mol. The Bertz CT molecular complexity index is 785. The predicted molar refractivity (Wildman–Crippen MR) is 121 cm³/mol. The van der Waals surface area contributed by atoms with Crippen LogP contribution in [-0.4, -0.2) is 0 Å². The third-order valence-corrected chi connectivity index (χ3v) is 5.69. The lowest BCUT2D eigenvalue weighted by Gasteiger charge is -2.42. The standard InChI is InChI=1S/C27H40/c1-24(2,3)20-17-18-21(25(4,5)6)23(22(20)26(7,8)9)27(10,11)19-15-13-12-14-16-19/h12-18H,1-11H3. The third-order valence-electron chi connectivity index (χ3n) is 5.69. The van der Waals surface area contributed by atoms with Crippen LogP contribution in [0.3, 0.4) is 0 Å². The fraction of sp³-hybridized carbons (Fsp3) is 0.556. The minimum absolute atomic E-state index is 0.0618. The average molecular weight is 365 g/mol. The molecule has 148 valence electrons. The van der Waals surface area contributed by atoms with Crippen molar-refractivity contribution in [2.45, 2.75) is 97.8 Å². The van der Waals surface area contributed by atoms with Crippen molar-refractivity contribution in [3.8, 4) is 0 Å². The van der Waals surface area contributed by atoms with Gasteiger partial charge in [-0.2, -0.15) is 0 Å². The van der Waals surface area contributed by atoms with Gasteiger partial charge in [0.1, 0.15) is 0 Å². The van der Waals surface area contributed by atoms with Gasteiger partial charge in [-0.15, -0.1) is 0 Å². The lowest BCUT2D eigenvalue weighted by molar-refractivity contribution is 0.489. The van der Waals surface area contributed by atoms with Crippen molar-refractivity contribution in [2.75, 3.05) is 0 Å². The van der Waals surface area contributed by atoms with Crippen LogP contribution in [-0.2, 0) is 21.7 Å². The Kier molecular flexibility index (Phi) is 5.47. The van der Waals surface area contributed by atoms with Gasteiger partial charge < -0.3 is 0 Å². The van der Waals surface area contributed by atoms with E-state index in [9.17, 15) is 0 Å². The van der Waals surface area contributed by atoms with Crippen molar-refractivity contribution in [1.29, 1.82) is 0 Å². The van der Waals surface area contributed by atoms with E-state index in [2.05, 4.69) is 119 Å². The van der Waals surface area contributed by atoms with Crippen LogP contribution < -0.4 is 0 Å². The molecule has 2 aromatic carbocycles. The fourth-order valence-corrected chi connectivity index (χ4v) is 4.28. The summed E-state index contributed by atoms with van der Waals surface area (Å²) in [6.07, 6.45) is 0. The molecule has 0 aliphatic heterocycles.